The van der Waals surface area contributed by atoms with E-state index in [1.165, 1.54) is 0 Å². The molecule has 0 unspecified atom stereocenters. The predicted octanol–water partition coefficient (Wildman–Crippen LogP) is -0.0503. The van der Waals surface area contributed by atoms with Crippen molar-refractivity contribution in [2.24, 2.45) is 10.8 Å². The lowest BCUT2D eigenvalue weighted by Crippen LogP contribution is -2.32. The summed E-state index contributed by atoms with van der Waals surface area (Å²) in [5.74, 6) is 6.04. The number of ether oxygens (including phenoxy) is 1. The molecule has 0 aromatic carbocycles. The highest BCUT2D eigenvalue weighted by Gasteiger charge is 2.07. The molecule has 6 heteroatoms. The van der Waals surface area contributed by atoms with Crippen LogP contribution in [0.3, 0.4) is 0 Å². The van der Waals surface area contributed by atoms with Crippen molar-refractivity contribution >= 4 is 5.84 Å². The third-order valence-electron chi connectivity index (χ3n) is 2.06. The molecule has 0 aliphatic carbocycles. The van der Waals surface area contributed by atoms with E-state index >= 15 is 0 Å². The standard InChI is InChI=1S/C10H17N5O/c1-7-6-9(8(2)15-14-7)10(13-11)12-4-5-16-3/h6H,4-5,11H2,1-3H3,(H,12,13). The van der Waals surface area contributed by atoms with Gasteiger partial charge in [-0.1, -0.05) is 0 Å². The summed E-state index contributed by atoms with van der Waals surface area (Å²) in [4.78, 5) is 4.29. The van der Waals surface area contributed by atoms with Crippen molar-refractivity contribution in [2.45, 2.75) is 13.8 Å². The van der Waals surface area contributed by atoms with E-state index < -0.39 is 0 Å². The average molecular weight is 223 g/mol. The first kappa shape index (κ1) is 12.5. The third-order valence-corrected chi connectivity index (χ3v) is 2.06. The van der Waals surface area contributed by atoms with Crippen LogP contribution in [-0.2, 0) is 4.74 Å². The van der Waals surface area contributed by atoms with Gasteiger partial charge >= 0.3 is 0 Å². The Balaban J connectivity index is 2.94. The Labute approximate surface area is 94.9 Å². The number of aryl methyl sites for hydroxylation is 2. The van der Waals surface area contributed by atoms with Crippen LogP contribution in [0, 0.1) is 13.8 Å². The molecule has 0 aliphatic heterocycles. The van der Waals surface area contributed by atoms with Gasteiger partial charge in [0.05, 0.1) is 24.5 Å². The lowest BCUT2D eigenvalue weighted by molar-refractivity contribution is 0.208. The van der Waals surface area contributed by atoms with Crippen LogP contribution >= 0.6 is 0 Å². The minimum atomic E-state index is 0.552. The van der Waals surface area contributed by atoms with Crippen LogP contribution in [0.1, 0.15) is 17.0 Å². The van der Waals surface area contributed by atoms with E-state index in [-0.39, 0.29) is 0 Å². The van der Waals surface area contributed by atoms with E-state index in [4.69, 9.17) is 10.6 Å². The number of aromatic nitrogens is 2. The lowest BCUT2D eigenvalue weighted by Gasteiger charge is -2.08. The zero-order valence-electron chi connectivity index (χ0n) is 9.82. The van der Waals surface area contributed by atoms with Crippen LogP contribution in [-0.4, -0.2) is 36.3 Å². The molecule has 88 valence electrons. The molecule has 0 amide bonds. The Hall–Kier alpha value is -1.53. The summed E-state index contributed by atoms with van der Waals surface area (Å²) in [6.45, 7) is 4.85. The molecule has 3 N–H and O–H groups in total. The Bertz CT molecular complexity index is 377. The smallest absolute Gasteiger partial charge is 0.144 e. The van der Waals surface area contributed by atoms with Crippen LogP contribution < -0.4 is 11.3 Å². The summed E-state index contributed by atoms with van der Waals surface area (Å²) in [5.41, 5.74) is 5.06. The molecule has 1 heterocycles. The number of amidine groups is 1. The first-order chi connectivity index (χ1) is 7.69. The Morgan fingerprint density at radius 1 is 1.50 bits per heavy atom. The summed E-state index contributed by atoms with van der Waals surface area (Å²) < 4.78 is 4.92. The minimum Gasteiger partial charge on any atom is -0.383 e. The number of nitrogens with two attached hydrogens (primary N) is 1. The second-order valence-electron chi connectivity index (χ2n) is 3.35. The van der Waals surface area contributed by atoms with E-state index in [2.05, 4.69) is 20.6 Å². The first-order valence-corrected chi connectivity index (χ1v) is 5.00. The van der Waals surface area contributed by atoms with Gasteiger partial charge in [0.1, 0.15) is 5.84 Å². The van der Waals surface area contributed by atoms with Gasteiger partial charge in [0.2, 0.25) is 0 Å². The van der Waals surface area contributed by atoms with Crippen molar-refractivity contribution in [3.05, 3.63) is 23.0 Å². The topological polar surface area (TPSA) is 85.4 Å². The summed E-state index contributed by atoms with van der Waals surface area (Å²) in [6.07, 6.45) is 0. The molecule has 0 bridgehead atoms. The number of rotatable bonds is 4. The zero-order valence-corrected chi connectivity index (χ0v) is 9.82. The van der Waals surface area contributed by atoms with Gasteiger partial charge in [-0.3, -0.25) is 4.99 Å². The second kappa shape index (κ2) is 6.14. The van der Waals surface area contributed by atoms with Gasteiger partial charge < -0.3 is 10.2 Å². The SMILES string of the molecule is COCCN=C(NN)c1cc(C)nnc1C. The number of hydrazine groups is 1. The van der Waals surface area contributed by atoms with E-state index in [0.29, 0.717) is 19.0 Å². The van der Waals surface area contributed by atoms with Crippen molar-refractivity contribution in [1.82, 2.24) is 15.6 Å². The van der Waals surface area contributed by atoms with Crippen molar-refractivity contribution < 1.29 is 4.74 Å². The predicted molar refractivity (Wildman–Crippen MR) is 62.1 cm³/mol. The average Bonchev–Trinajstić information content (AvgIpc) is 2.28. The Morgan fingerprint density at radius 3 is 2.88 bits per heavy atom. The molecule has 6 nitrogen and oxygen atoms in total. The normalized spacial score (nSPS) is 11.6. The van der Waals surface area contributed by atoms with Gasteiger partial charge in [0.15, 0.2) is 0 Å². The fraction of sp³-hybridized carbons (Fsp3) is 0.500. The highest BCUT2D eigenvalue weighted by atomic mass is 16.5. The fourth-order valence-corrected chi connectivity index (χ4v) is 1.25. The number of hydrogen-bond acceptors (Lipinski definition) is 5. The van der Waals surface area contributed by atoms with Crippen LogP contribution in [0.25, 0.3) is 0 Å². The number of nitrogens with one attached hydrogen (secondary N) is 1. The molecular weight excluding hydrogens is 206 g/mol. The fourth-order valence-electron chi connectivity index (χ4n) is 1.25. The number of aliphatic imine (C=N–C) groups is 1. The number of hydrogen-bond donors (Lipinski definition) is 2. The van der Waals surface area contributed by atoms with Crippen LogP contribution in [0.15, 0.2) is 11.1 Å². The van der Waals surface area contributed by atoms with Gasteiger partial charge in [-0.2, -0.15) is 10.2 Å². The maximum Gasteiger partial charge on any atom is 0.144 e. The number of nitrogens with zero attached hydrogens (tertiary/aromatic N) is 3. The molecule has 16 heavy (non-hydrogen) atoms. The maximum absolute atomic E-state index is 5.44. The molecular formula is C10H17N5O. The maximum atomic E-state index is 5.44. The minimum absolute atomic E-state index is 0.552. The van der Waals surface area contributed by atoms with E-state index in [0.717, 1.165) is 17.0 Å². The van der Waals surface area contributed by atoms with Gasteiger partial charge in [-0.05, 0) is 19.9 Å². The van der Waals surface area contributed by atoms with Gasteiger partial charge in [-0.15, -0.1) is 0 Å². The molecule has 0 aliphatic rings. The van der Waals surface area contributed by atoms with E-state index in [1.807, 2.05) is 19.9 Å². The first-order valence-electron chi connectivity index (χ1n) is 5.00. The molecule has 1 aromatic rings. The summed E-state index contributed by atoms with van der Waals surface area (Å²) in [6, 6.07) is 1.90. The highest BCUT2D eigenvalue weighted by molar-refractivity contribution is 5.99. The summed E-state index contributed by atoms with van der Waals surface area (Å²) >= 11 is 0. The van der Waals surface area contributed by atoms with Crippen molar-refractivity contribution in [3.8, 4) is 0 Å². The summed E-state index contributed by atoms with van der Waals surface area (Å²) in [5, 5.41) is 7.97. The van der Waals surface area contributed by atoms with E-state index in [1.54, 1.807) is 7.11 Å². The van der Waals surface area contributed by atoms with Gasteiger partial charge in [0.25, 0.3) is 0 Å². The molecule has 1 rings (SSSR count). The van der Waals surface area contributed by atoms with Crippen LogP contribution in [0.2, 0.25) is 0 Å². The van der Waals surface area contributed by atoms with E-state index in [9.17, 15) is 0 Å². The molecule has 1 aromatic heterocycles. The van der Waals surface area contributed by atoms with Gasteiger partial charge in [0, 0.05) is 12.7 Å². The Kier molecular flexibility index (Phi) is 4.81. The Morgan fingerprint density at radius 2 is 2.25 bits per heavy atom. The second-order valence-corrected chi connectivity index (χ2v) is 3.35. The lowest BCUT2D eigenvalue weighted by atomic mass is 10.2. The number of methoxy groups -OCH3 is 1. The molecule has 0 fully saturated rings. The largest absolute Gasteiger partial charge is 0.383 e. The monoisotopic (exact) mass is 223 g/mol. The molecule has 0 saturated heterocycles. The third kappa shape index (κ3) is 3.25. The molecule has 0 atom stereocenters. The molecule has 0 radical (unpaired) electrons. The van der Waals surface area contributed by atoms with Crippen molar-refractivity contribution in [3.63, 3.8) is 0 Å². The van der Waals surface area contributed by atoms with Crippen molar-refractivity contribution in [1.29, 1.82) is 0 Å². The molecule has 0 spiro atoms. The van der Waals surface area contributed by atoms with Crippen molar-refractivity contribution in [2.75, 3.05) is 20.3 Å². The van der Waals surface area contributed by atoms with Crippen LogP contribution in [0.5, 0.6) is 0 Å². The molecule has 0 saturated carbocycles. The van der Waals surface area contributed by atoms with Gasteiger partial charge in [-0.25, -0.2) is 5.84 Å². The van der Waals surface area contributed by atoms with Crippen LogP contribution in [0.4, 0.5) is 0 Å². The highest BCUT2D eigenvalue weighted by Crippen LogP contribution is 2.05. The quantitative estimate of drug-likeness (QED) is 0.246. The zero-order chi connectivity index (χ0) is 12.0. The summed E-state index contributed by atoms with van der Waals surface area (Å²) in [7, 11) is 1.63.